The molecule has 1 aliphatic heterocycles. The Hall–Kier alpha value is -1.65. The van der Waals surface area contributed by atoms with E-state index in [1.165, 1.54) is 0 Å². The number of nitrogens with zero attached hydrogens (tertiary/aromatic N) is 4. The lowest BCUT2D eigenvalue weighted by Gasteiger charge is -2.10. The van der Waals surface area contributed by atoms with Gasteiger partial charge in [0.2, 0.25) is 0 Å². The first-order valence-corrected chi connectivity index (χ1v) is 4.70. The zero-order valence-electron chi connectivity index (χ0n) is 8.14. The largest absolute Gasteiger partial charge is 0.386 e. The molecule has 2 N–H and O–H groups in total. The fourth-order valence-electron chi connectivity index (χ4n) is 1.46. The van der Waals surface area contributed by atoms with Crippen LogP contribution in [0.5, 0.6) is 0 Å². The average molecular weight is 191 g/mol. The van der Waals surface area contributed by atoms with Crippen molar-refractivity contribution >= 4 is 11.5 Å². The van der Waals surface area contributed by atoms with Crippen molar-refractivity contribution in [2.24, 2.45) is 15.9 Å². The van der Waals surface area contributed by atoms with Crippen molar-refractivity contribution in [3.05, 3.63) is 18.2 Å². The molecule has 2 rings (SSSR count). The van der Waals surface area contributed by atoms with Gasteiger partial charge in [0.05, 0.1) is 23.9 Å². The molecule has 0 amide bonds. The molecule has 1 aromatic rings. The summed E-state index contributed by atoms with van der Waals surface area (Å²) in [6, 6.07) is 0. The van der Waals surface area contributed by atoms with Gasteiger partial charge in [-0.05, 0) is 6.92 Å². The number of hydrogen-bond donors (Lipinski definition) is 1. The monoisotopic (exact) mass is 191 g/mol. The van der Waals surface area contributed by atoms with Gasteiger partial charge in [0.15, 0.2) is 0 Å². The molecule has 1 aromatic heterocycles. The van der Waals surface area contributed by atoms with Gasteiger partial charge in [-0.1, -0.05) is 0 Å². The molecule has 0 bridgehead atoms. The van der Waals surface area contributed by atoms with Gasteiger partial charge >= 0.3 is 0 Å². The van der Waals surface area contributed by atoms with Crippen LogP contribution in [-0.4, -0.2) is 21.1 Å². The quantitative estimate of drug-likeness (QED) is 0.749. The Labute approximate surface area is 82.4 Å². The molecule has 2 heterocycles. The fourth-order valence-corrected chi connectivity index (χ4v) is 1.46. The molecular weight excluding hydrogens is 178 g/mol. The molecule has 1 aliphatic rings. The number of imidazole rings is 1. The molecule has 0 spiro atoms. The maximum absolute atomic E-state index is 5.54. The first kappa shape index (κ1) is 8.93. The Kier molecular flexibility index (Phi) is 2.30. The lowest BCUT2D eigenvalue weighted by atomic mass is 10.1. The number of rotatable bonds is 2. The normalized spacial score (nSPS) is 16.4. The van der Waals surface area contributed by atoms with Gasteiger partial charge in [0.25, 0.3) is 0 Å². The molecule has 0 aromatic carbocycles. The smallest absolute Gasteiger partial charge is 0.122 e. The molecule has 0 aliphatic carbocycles. The van der Waals surface area contributed by atoms with Gasteiger partial charge in [-0.15, -0.1) is 5.10 Å². The van der Waals surface area contributed by atoms with E-state index in [9.17, 15) is 0 Å². The van der Waals surface area contributed by atoms with E-state index >= 15 is 0 Å². The summed E-state index contributed by atoms with van der Waals surface area (Å²) in [5.41, 5.74) is 7.56. The van der Waals surface area contributed by atoms with Gasteiger partial charge in [-0.25, -0.2) is 4.98 Å². The minimum atomic E-state index is 0.608. The van der Waals surface area contributed by atoms with E-state index in [-0.39, 0.29) is 0 Å². The minimum Gasteiger partial charge on any atom is -0.386 e. The molecule has 74 valence electrons. The van der Waals surface area contributed by atoms with Gasteiger partial charge in [-0.2, -0.15) is 5.10 Å². The lowest BCUT2D eigenvalue weighted by Crippen LogP contribution is -2.19. The van der Waals surface area contributed by atoms with Crippen LogP contribution in [0.2, 0.25) is 0 Å². The third kappa shape index (κ3) is 1.53. The predicted molar refractivity (Wildman–Crippen MR) is 55.3 cm³/mol. The SMILES string of the molecule is CCn1cncc1C1=NN=C(N)CC1. The Balaban J connectivity index is 2.32. The highest BCUT2D eigenvalue weighted by molar-refractivity contribution is 6.02. The molecule has 0 fully saturated rings. The van der Waals surface area contributed by atoms with Crippen molar-refractivity contribution in [1.82, 2.24) is 9.55 Å². The summed E-state index contributed by atoms with van der Waals surface area (Å²) in [5.74, 6) is 0.608. The molecule has 5 heteroatoms. The van der Waals surface area contributed by atoms with E-state index in [4.69, 9.17) is 5.73 Å². The Bertz CT molecular complexity index is 388. The molecule has 0 saturated carbocycles. The van der Waals surface area contributed by atoms with Crippen molar-refractivity contribution < 1.29 is 0 Å². The second-order valence-electron chi connectivity index (χ2n) is 3.20. The highest BCUT2D eigenvalue weighted by Gasteiger charge is 2.12. The van der Waals surface area contributed by atoms with Crippen LogP contribution in [0.3, 0.4) is 0 Å². The van der Waals surface area contributed by atoms with E-state index in [2.05, 4.69) is 26.7 Å². The van der Waals surface area contributed by atoms with Crippen LogP contribution >= 0.6 is 0 Å². The number of aromatic nitrogens is 2. The van der Waals surface area contributed by atoms with Crippen molar-refractivity contribution in [1.29, 1.82) is 0 Å². The zero-order chi connectivity index (χ0) is 9.97. The summed E-state index contributed by atoms with van der Waals surface area (Å²) in [4.78, 5) is 4.09. The maximum Gasteiger partial charge on any atom is 0.122 e. The number of amidine groups is 1. The molecule has 5 nitrogen and oxygen atoms in total. The third-order valence-corrected chi connectivity index (χ3v) is 2.27. The van der Waals surface area contributed by atoms with Crippen molar-refractivity contribution in [3.63, 3.8) is 0 Å². The highest BCUT2D eigenvalue weighted by atomic mass is 15.2. The van der Waals surface area contributed by atoms with E-state index in [1.807, 2.05) is 6.20 Å². The summed E-state index contributed by atoms with van der Waals surface area (Å²) in [6.07, 6.45) is 5.26. The van der Waals surface area contributed by atoms with Crippen molar-refractivity contribution in [3.8, 4) is 0 Å². The topological polar surface area (TPSA) is 68.6 Å². The van der Waals surface area contributed by atoms with Gasteiger partial charge in [-0.3, -0.25) is 0 Å². The molecule has 0 radical (unpaired) electrons. The van der Waals surface area contributed by atoms with Crippen LogP contribution in [0.1, 0.15) is 25.5 Å². The zero-order valence-corrected chi connectivity index (χ0v) is 8.14. The molecule has 0 saturated heterocycles. The van der Waals surface area contributed by atoms with Crippen molar-refractivity contribution in [2.45, 2.75) is 26.3 Å². The second-order valence-corrected chi connectivity index (χ2v) is 3.20. The van der Waals surface area contributed by atoms with Crippen LogP contribution in [0, 0.1) is 0 Å². The molecule has 0 unspecified atom stereocenters. The number of aryl methyl sites for hydroxylation is 1. The van der Waals surface area contributed by atoms with E-state index < -0.39 is 0 Å². The minimum absolute atomic E-state index is 0.608. The summed E-state index contributed by atoms with van der Waals surface area (Å²) >= 11 is 0. The van der Waals surface area contributed by atoms with Crippen LogP contribution in [0.15, 0.2) is 22.7 Å². The summed E-state index contributed by atoms with van der Waals surface area (Å²) in [6.45, 7) is 2.97. The van der Waals surface area contributed by atoms with Gasteiger partial charge in [0.1, 0.15) is 5.84 Å². The Morgan fingerprint density at radius 1 is 1.43 bits per heavy atom. The van der Waals surface area contributed by atoms with Crippen LogP contribution < -0.4 is 5.73 Å². The number of nitrogens with two attached hydrogens (primary N) is 1. The van der Waals surface area contributed by atoms with Crippen LogP contribution in [0.4, 0.5) is 0 Å². The summed E-state index contributed by atoms with van der Waals surface area (Å²) in [7, 11) is 0. The second kappa shape index (κ2) is 3.61. The molecular formula is C9H13N5. The van der Waals surface area contributed by atoms with E-state index in [0.717, 1.165) is 30.8 Å². The maximum atomic E-state index is 5.54. The summed E-state index contributed by atoms with van der Waals surface area (Å²) < 4.78 is 2.05. The molecule has 0 atom stereocenters. The van der Waals surface area contributed by atoms with Crippen molar-refractivity contribution in [2.75, 3.05) is 0 Å². The standard InChI is InChI=1S/C9H13N5/c1-2-14-6-11-5-8(14)7-3-4-9(10)13-12-7/h5-6H,2-4H2,1H3,(H2,10,13). The highest BCUT2D eigenvalue weighted by Crippen LogP contribution is 2.10. The van der Waals surface area contributed by atoms with E-state index in [1.54, 1.807) is 6.33 Å². The third-order valence-electron chi connectivity index (χ3n) is 2.27. The first-order valence-electron chi connectivity index (χ1n) is 4.70. The first-order chi connectivity index (χ1) is 6.81. The average Bonchev–Trinajstić information content (AvgIpc) is 2.67. The summed E-state index contributed by atoms with van der Waals surface area (Å²) in [5, 5.41) is 7.96. The van der Waals surface area contributed by atoms with Crippen LogP contribution in [0.25, 0.3) is 0 Å². The Morgan fingerprint density at radius 3 is 2.93 bits per heavy atom. The van der Waals surface area contributed by atoms with Crippen LogP contribution in [-0.2, 0) is 6.54 Å². The predicted octanol–water partition coefficient (Wildman–Crippen LogP) is 0.758. The Morgan fingerprint density at radius 2 is 2.29 bits per heavy atom. The van der Waals surface area contributed by atoms with Gasteiger partial charge in [0, 0.05) is 19.4 Å². The lowest BCUT2D eigenvalue weighted by molar-refractivity contribution is 0.750. The molecule has 14 heavy (non-hydrogen) atoms. The fraction of sp³-hybridized carbons (Fsp3) is 0.444. The number of hydrogen-bond acceptors (Lipinski definition) is 4. The van der Waals surface area contributed by atoms with Gasteiger partial charge < -0.3 is 10.3 Å². The van der Waals surface area contributed by atoms with E-state index in [0.29, 0.717) is 5.84 Å².